The maximum atomic E-state index is 4.47. The Morgan fingerprint density at radius 1 is 0.889 bits per heavy atom. The summed E-state index contributed by atoms with van der Waals surface area (Å²) in [5, 5.41) is 1.93. The van der Waals surface area contributed by atoms with Crippen molar-refractivity contribution in [3.63, 3.8) is 0 Å². The molecule has 0 bridgehead atoms. The summed E-state index contributed by atoms with van der Waals surface area (Å²) < 4.78 is 4.47. The molecular formula is C14H26N2OS. The van der Waals surface area contributed by atoms with E-state index in [4.69, 9.17) is 0 Å². The first kappa shape index (κ1) is 19.2. The molecule has 3 nitrogen and oxygen atoms in total. The fourth-order valence-corrected chi connectivity index (χ4v) is 0.703. The number of rotatable bonds is 0. The number of nitrogens with zero attached hydrogens (tertiary/aromatic N) is 2. The summed E-state index contributed by atoms with van der Waals surface area (Å²) in [7, 11) is 0. The smallest absolute Gasteiger partial charge is 0.180 e. The van der Waals surface area contributed by atoms with Crippen LogP contribution < -0.4 is 0 Å². The third kappa shape index (κ3) is 36.4. The van der Waals surface area contributed by atoms with Crippen molar-refractivity contribution in [1.82, 2.24) is 9.97 Å². The quantitative estimate of drug-likeness (QED) is 0.665. The van der Waals surface area contributed by atoms with Gasteiger partial charge in [-0.3, -0.25) is 4.98 Å². The van der Waals surface area contributed by atoms with Gasteiger partial charge < -0.3 is 4.42 Å². The van der Waals surface area contributed by atoms with Gasteiger partial charge in [0.1, 0.15) is 6.26 Å². The molecule has 0 aromatic carbocycles. The Balaban J connectivity index is 0. The Kier molecular flexibility index (Phi) is 16.9. The normalized spacial score (nSPS) is 8.44. The van der Waals surface area contributed by atoms with Crippen LogP contribution in [0.2, 0.25) is 0 Å². The second-order valence-corrected chi connectivity index (χ2v) is 5.57. The fourth-order valence-electron chi connectivity index (χ4n) is 0.351. The van der Waals surface area contributed by atoms with Crippen LogP contribution in [0.15, 0.2) is 40.4 Å². The highest BCUT2D eigenvalue weighted by Crippen LogP contribution is 1.86. The van der Waals surface area contributed by atoms with Gasteiger partial charge in [-0.05, 0) is 11.8 Å². The van der Waals surface area contributed by atoms with Gasteiger partial charge in [0.05, 0.1) is 11.7 Å². The summed E-state index contributed by atoms with van der Waals surface area (Å²) in [4.78, 5) is 7.30. The third-order valence-corrected chi connectivity index (χ3v) is 1.22. The second kappa shape index (κ2) is 15.8. The van der Waals surface area contributed by atoms with Gasteiger partial charge in [0.25, 0.3) is 0 Å². The Hall–Kier alpha value is -1.16. The van der Waals surface area contributed by atoms with E-state index in [1.807, 2.05) is 5.38 Å². The van der Waals surface area contributed by atoms with E-state index in [-0.39, 0.29) is 0 Å². The molecule has 0 aliphatic rings. The maximum Gasteiger partial charge on any atom is 0.180 e. The van der Waals surface area contributed by atoms with Gasteiger partial charge in [-0.2, -0.15) is 0 Å². The van der Waals surface area contributed by atoms with E-state index in [0.29, 0.717) is 0 Å². The van der Waals surface area contributed by atoms with Crippen molar-refractivity contribution in [1.29, 1.82) is 0 Å². The van der Waals surface area contributed by atoms with E-state index in [9.17, 15) is 0 Å². The predicted molar refractivity (Wildman–Crippen MR) is 79.6 cm³/mol. The van der Waals surface area contributed by atoms with Crippen molar-refractivity contribution < 1.29 is 4.42 Å². The highest BCUT2D eigenvalue weighted by atomic mass is 32.1. The molecule has 0 spiro atoms. The molecular weight excluding hydrogens is 244 g/mol. The first-order valence-corrected chi connectivity index (χ1v) is 7.05. The third-order valence-electron chi connectivity index (χ3n) is 0.694. The molecule has 0 unspecified atom stereocenters. The molecule has 2 rings (SSSR count). The van der Waals surface area contributed by atoms with Gasteiger partial charge in [-0.1, -0.05) is 41.5 Å². The second-order valence-electron chi connectivity index (χ2n) is 4.82. The number of thiazole rings is 1. The average molecular weight is 270 g/mol. The monoisotopic (exact) mass is 270 g/mol. The van der Waals surface area contributed by atoms with Crippen LogP contribution >= 0.6 is 11.3 Å². The van der Waals surface area contributed by atoms with Crippen molar-refractivity contribution in [2.45, 2.75) is 41.5 Å². The lowest BCUT2D eigenvalue weighted by atomic mass is 10.3. The van der Waals surface area contributed by atoms with E-state index in [1.54, 1.807) is 29.2 Å². The minimum Gasteiger partial charge on any atom is -0.452 e. The first-order valence-electron chi connectivity index (χ1n) is 6.11. The molecule has 0 amide bonds. The van der Waals surface area contributed by atoms with Crippen LogP contribution in [0.4, 0.5) is 0 Å². The average Bonchev–Trinajstić information content (AvgIpc) is 2.96. The Bertz CT molecular complexity index is 219. The largest absolute Gasteiger partial charge is 0.452 e. The van der Waals surface area contributed by atoms with Crippen LogP contribution in [-0.4, -0.2) is 9.97 Å². The van der Waals surface area contributed by atoms with Gasteiger partial charge in [0.15, 0.2) is 6.39 Å². The van der Waals surface area contributed by atoms with Crippen molar-refractivity contribution >= 4 is 11.3 Å². The summed E-state index contributed by atoms with van der Waals surface area (Å²) in [6.45, 7) is 13.0. The Morgan fingerprint density at radius 3 is 1.56 bits per heavy atom. The highest BCUT2D eigenvalue weighted by Gasteiger charge is 1.68. The van der Waals surface area contributed by atoms with Crippen LogP contribution in [-0.2, 0) is 0 Å². The lowest BCUT2D eigenvalue weighted by molar-refractivity contribution is 0.558. The molecule has 0 aliphatic carbocycles. The fraction of sp³-hybridized carbons (Fsp3) is 0.571. The maximum absolute atomic E-state index is 4.47. The minimum absolute atomic E-state index is 0.833. The molecule has 0 aliphatic heterocycles. The summed E-state index contributed by atoms with van der Waals surface area (Å²) in [5.74, 6) is 1.67. The lowest BCUT2D eigenvalue weighted by Gasteiger charge is -1.79. The number of hydrogen-bond donors (Lipinski definition) is 0. The van der Waals surface area contributed by atoms with Gasteiger partial charge in [-0.15, -0.1) is 11.3 Å². The van der Waals surface area contributed by atoms with Crippen molar-refractivity contribution in [2.75, 3.05) is 0 Å². The first-order chi connectivity index (χ1) is 8.46. The van der Waals surface area contributed by atoms with E-state index < -0.39 is 0 Å². The molecule has 2 heterocycles. The zero-order chi connectivity index (χ0) is 14.2. The van der Waals surface area contributed by atoms with Crippen LogP contribution in [0.1, 0.15) is 41.5 Å². The summed E-state index contributed by atoms with van der Waals surface area (Å²) in [6, 6.07) is 0. The molecule has 4 heteroatoms. The lowest BCUT2D eigenvalue weighted by Crippen LogP contribution is -1.66. The number of hydrogen-bond acceptors (Lipinski definition) is 4. The zero-order valence-electron chi connectivity index (χ0n) is 12.3. The SMILES string of the molecule is CC(C)C.CC(C)C.c1cocn1.c1cscn1. The van der Waals surface area contributed by atoms with Crippen LogP contribution in [0.5, 0.6) is 0 Å². The highest BCUT2D eigenvalue weighted by molar-refractivity contribution is 7.07. The van der Waals surface area contributed by atoms with Crippen LogP contribution in [0.3, 0.4) is 0 Å². The summed E-state index contributed by atoms with van der Waals surface area (Å²) >= 11 is 1.60. The van der Waals surface area contributed by atoms with Gasteiger partial charge in [0.2, 0.25) is 0 Å². The van der Waals surface area contributed by atoms with Gasteiger partial charge >= 0.3 is 0 Å². The summed E-state index contributed by atoms with van der Waals surface area (Å²) in [5.41, 5.74) is 1.79. The molecule has 0 radical (unpaired) electrons. The number of oxazole rings is 1. The van der Waals surface area contributed by atoms with Crippen LogP contribution in [0.25, 0.3) is 0 Å². The van der Waals surface area contributed by atoms with Crippen molar-refractivity contribution in [3.05, 3.63) is 35.9 Å². The van der Waals surface area contributed by atoms with E-state index in [2.05, 4.69) is 55.9 Å². The molecule has 0 saturated carbocycles. The molecule has 0 atom stereocenters. The molecule has 18 heavy (non-hydrogen) atoms. The molecule has 0 saturated heterocycles. The number of aromatic nitrogens is 2. The minimum atomic E-state index is 0.833. The molecule has 2 aromatic rings. The summed E-state index contributed by atoms with van der Waals surface area (Å²) in [6.07, 6.45) is 6.24. The standard InChI is InChI=1S/2C4H10.C3H3NO.C3H3NS/c2*1-4(2)3;2*1-2-5-3-4-1/h2*4H,1-3H3;2*1-3H. The van der Waals surface area contributed by atoms with E-state index >= 15 is 0 Å². The predicted octanol–water partition coefficient (Wildman–Crippen LogP) is 5.14. The Morgan fingerprint density at radius 2 is 1.44 bits per heavy atom. The van der Waals surface area contributed by atoms with Crippen LogP contribution in [0, 0.1) is 11.8 Å². The van der Waals surface area contributed by atoms with Gasteiger partial charge in [-0.25, -0.2) is 4.98 Å². The van der Waals surface area contributed by atoms with E-state index in [0.717, 1.165) is 11.8 Å². The molecule has 0 fully saturated rings. The molecule has 2 aromatic heterocycles. The zero-order valence-corrected chi connectivity index (χ0v) is 13.1. The Labute approximate surface area is 115 Å². The molecule has 0 N–H and O–H groups in total. The van der Waals surface area contributed by atoms with Crippen molar-refractivity contribution in [3.8, 4) is 0 Å². The van der Waals surface area contributed by atoms with Gasteiger partial charge in [0, 0.05) is 11.6 Å². The molecule has 104 valence electrons. The topological polar surface area (TPSA) is 38.9 Å². The van der Waals surface area contributed by atoms with E-state index in [1.165, 1.54) is 12.7 Å². The van der Waals surface area contributed by atoms with Crippen molar-refractivity contribution in [2.24, 2.45) is 11.8 Å².